The Morgan fingerprint density at radius 2 is 1.73 bits per heavy atom. The molecule has 2 N–H and O–H groups in total. The maximum absolute atomic E-state index is 5.57. The molecule has 0 unspecified atom stereocenters. The van der Waals surface area contributed by atoms with Gasteiger partial charge in [0.1, 0.15) is 17.3 Å². The predicted octanol–water partition coefficient (Wildman–Crippen LogP) is 5.36. The van der Waals surface area contributed by atoms with E-state index >= 15 is 0 Å². The number of hydrogen-bond donors (Lipinski definition) is 2. The topological polar surface area (TPSA) is 50.1 Å². The van der Waals surface area contributed by atoms with Gasteiger partial charge in [0.2, 0.25) is 0 Å². The van der Waals surface area contributed by atoms with E-state index < -0.39 is 0 Å². The molecule has 0 aliphatic carbocycles. The van der Waals surface area contributed by atoms with E-state index in [-0.39, 0.29) is 0 Å². The lowest BCUT2D eigenvalue weighted by Crippen LogP contribution is -2.01. The monoisotopic (exact) mass is 343 g/mol. The fraction of sp³-hybridized carbons (Fsp3) is 0.136. The molecule has 2 aromatic heterocycles. The van der Waals surface area contributed by atoms with Gasteiger partial charge < -0.3 is 15.1 Å². The van der Waals surface area contributed by atoms with Crippen LogP contribution in [0.15, 0.2) is 77.2 Å². The van der Waals surface area contributed by atoms with Crippen LogP contribution in [0.25, 0.3) is 10.9 Å². The first-order valence-corrected chi connectivity index (χ1v) is 8.74. The van der Waals surface area contributed by atoms with Crippen molar-refractivity contribution in [1.29, 1.82) is 0 Å². The van der Waals surface area contributed by atoms with Gasteiger partial charge in [-0.05, 0) is 55.0 Å². The molecule has 0 atom stereocenters. The smallest absolute Gasteiger partial charge is 0.127 e. The number of nitrogens with one attached hydrogen (secondary N) is 2. The Morgan fingerprint density at radius 3 is 2.54 bits per heavy atom. The van der Waals surface area contributed by atoms with E-state index in [2.05, 4.69) is 58.1 Å². The van der Waals surface area contributed by atoms with Crippen molar-refractivity contribution in [2.24, 2.45) is 0 Å². The minimum absolute atomic E-state index is 0.628. The summed E-state index contributed by atoms with van der Waals surface area (Å²) in [6.07, 6.45) is 0. The SMILES string of the molecule is Cc1ccc(CNc2ccc3cc(NCc4ccccc4)ccc3n2)o1. The third kappa shape index (κ3) is 3.86. The molecular formula is C22H21N3O. The number of fused-ring (bicyclic) bond motifs is 1. The van der Waals surface area contributed by atoms with Crippen LogP contribution in [-0.2, 0) is 13.1 Å². The van der Waals surface area contributed by atoms with Crippen LogP contribution in [0.2, 0.25) is 0 Å². The van der Waals surface area contributed by atoms with Gasteiger partial charge in [-0.2, -0.15) is 0 Å². The predicted molar refractivity (Wildman–Crippen MR) is 106 cm³/mol. The zero-order chi connectivity index (χ0) is 17.8. The summed E-state index contributed by atoms with van der Waals surface area (Å²) in [5.41, 5.74) is 3.32. The summed E-state index contributed by atoms with van der Waals surface area (Å²) in [4.78, 5) is 4.68. The highest BCUT2D eigenvalue weighted by Gasteiger charge is 2.02. The van der Waals surface area contributed by atoms with Crippen molar-refractivity contribution in [2.75, 3.05) is 10.6 Å². The quantitative estimate of drug-likeness (QED) is 0.495. The number of anilines is 2. The van der Waals surface area contributed by atoms with Gasteiger partial charge in [-0.1, -0.05) is 30.3 Å². The third-order valence-electron chi connectivity index (χ3n) is 4.27. The Bertz CT molecular complexity index is 1010. The van der Waals surface area contributed by atoms with E-state index in [4.69, 9.17) is 4.42 Å². The Kier molecular flexibility index (Phi) is 4.56. The number of nitrogens with zero attached hydrogens (tertiary/aromatic N) is 1. The molecule has 0 saturated carbocycles. The molecule has 0 aliphatic rings. The zero-order valence-electron chi connectivity index (χ0n) is 14.7. The van der Waals surface area contributed by atoms with Gasteiger partial charge in [0.25, 0.3) is 0 Å². The maximum atomic E-state index is 5.57. The standard InChI is InChI=1S/C22H21N3O/c1-16-7-10-20(26-16)15-24-22-12-8-18-13-19(9-11-21(18)25-22)23-14-17-5-3-2-4-6-17/h2-13,23H,14-15H2,1H3,(H,24,25). The summed E-state index contributed by atoms with van der Waals surface area (Å²) in [6, 6.07) is 24.7. The van der Waals surface area contributed by atoms with Crippen LogP contribution in [0.4, 0.5) is 11.5 Å². The van der Waals surface area contributed by atoms with E-state index in [1.54, 1.807) is 0 Å². The molecule has 0 spiro atoms. The van der Waals surface area contributed by atoms with Crippen LogP contribution in [-0.4, -0.2) is 4.98 Å². The molecule has 0 aliphatic heterocycles. The molecule has 130 valence electrons. The van der Waals surface area contributed by atoms with E-state index in [9.17, 15) is 0 Å². The van der Waals surface area contributed by atoms with Gasteiger partial charge in [-0.15, -0.1) is 0 Å². The van der Waals surface area contributed by atoms with E-state index in [0.29, 0.717) is 6.54 Å². The van der Waals surface area contributed by atoms with Gasteiger partial charge in [0.05, 0.1) is 12.1 Å². The molecule has 4 rings (SSSR count). The number of aromatic nitrogens is 1. The fourth-order valence-corrected chi connectivity index (χ4v) is 2.89. The Morgan fingerprint density at radius 1 is 0.846 bits per heavy atom. The van der Waals surface area contributed by atoms with E-state index in [1.165, 1.54) is 5.56 Å². The summed E-state index contributed by atoms with van der Waals surface area (Å²) < 4.78 is 5.57. The van der Waals surface area contributed by atoms with Crippen molar-refractivity contribution in [1.82, 2.24) is 4.98 Å². The lowest BCUT2D eigenvalue weighted by molar-refractivity contribution is 0.490. The molecule has 4 nitrogen and oxygen atoms in total. The van der Waals surface area contributed by atoms with Crippen LogP contribution in [0.1, 0.15) is 17.1 Å². The van der Waals surface area contributed by atoms with Crippen LogP contribution < -0.4 is 10.6 Å². The van der Waals surface area contributed by atoms with Gasteiger partial charge in [-0.3, -0.25) is 0 Å². The molecule has 0 amide bonds. The highest BCUT2D eigenvalue weighted by atomic mass is 16.3. The number of benzene rings is 2. The van der Waals surface area contributed by atoms with E-state index in [1.807, 2.05) is 37.3 Å². The third-order valence-corrected chi connectivity index (χ3v) is 4.27. The first-order valence-electron chi connectivity index (χ1n) is 8.74. The van der Waals surface area contributed by atoms with Crippen molar-refractivity contribution in [3.8, 4) is 0 Å². The number of rotatable bonds is 6. The number of furan rings is 1. The van der Waals surface area contributed by atoms with Crippen molar-refractivity contribution in [2.45, 2.75) is 20.0 Å². The zero-order valence-corrected chi connectivity index (χ0v) is 14.7. The second kappa shape index (κ2) is 7.31. The normalized spacial score (nSPS) is 10.8. The van der Waals surface area contributed by atoms with Crippen molar-refractivity contribution in [3.05, 3.63) is 89.9 Å². The molecule has 0 saturated heterocycles. The number of pyridine rings is 1. The molecule has 2 heterocycles. The summed E-state index contributed by atoms with van der Waals surface area (Å²) in [5.74, 6) is 2.67. The molecule has 4 aromatic rings. The lowest BCUT2D eigenvalue weighted by Gasteiger charge is -2.09. The molecule has 2 aromatic carbocycles. The largest absolute Gasteiger partial charge is 0.465 e. The second-order valence-corrected chi connectivity index (χ2v) is 6.31. The van der Waals surface area contributed by atoms with Gasteiger partial charge in [0.15, 0.2) is 0 Å². The van der Waals surface area contributed by atoms with Gasteiger partial charge in [0, 0.05) is 17.6 Å². The van der Waals surface area contributed by atoms with E-state index in [0.717, 1.165) is 40.5 Å². The first-order chi connectivity index (χ1) is 12.8. The number of hydrogen-bond acceptors (Lipinski definition) is 4. The molecule has 0 fully saturated rings. The average molecular weight is 343 g/mol. The highest BCUT2D eigenvalue weighted by Crippen LogP contribution is 2.21. The minimum Gasteiger partial charge on any atom is -0.465 e. The highest BCUT2D eigenvalue weighted by molar-refractivity contribution is 5.83. The molecule has 4 heteroatoms. The summed E-state index contributed by atoms with van der Waals surface area (Å²) in [6.45, 7) is 3.38. The average Bonchev–Trinajstić information content (AvgIpc) is 3.10. The van der Waals surface area contributed by atoms with Gasteiger partial charge in [-0.25, -0.2) is 4.98 Å². The van der Waals surface area contributed by atoms with Crippen LogP contribution >= 0.6 is 0 Å². The van der Waals surface area contributed by atoms with Crippen LogP contribution in [0, 0.1) is 6.92 Å². The van der Waals surface area contributed by atoms with Crippen LogP contribution in [0.3, 0.4) is 0 Å². The second-order valence-electron chi connectivity index (χ2n) is 6.31. The van der Waals surface area contributed by atoms with Crippen molar-refractivity contribution >= 4 is 22.4 Å². The number of aryl methyl sites for hydroxylation is 1. The van der Waals surface area contributed by atoms with Gasteiger partial charge >= 0.3 is 0 Å². The molecule has 26 heavy (non-hydrogen) atoms. The lowest BCUT2D eigenvalue weighted by atomic mass is 10.2. The summed E-state index contributed by atoms with van der Waals surface area (Å²) in [5, 5.41) is 7.88. The molecule has 0 radical (unpaired) electrons. The fourth-order valence-electron chi connectivity index (χ4n) is 2.89. The summed E-state index contributed by atoms with van der Waals surface area (Å²) >= 11 is 0. The Balaban J connectivity index is 1.43. The maximum Gasteiger partial charge on any atom is 0.127 e. The first kappa shape index (κ1) is 16.2. The van der Waals surface area contributed by atoms with Crippen molar-refractivity contribution in [3.63, 3.8) is 0 Å². The van der Waals surface area contributed by atoms with Crippen molar-refractivity contribution < 1.29 is 4.42 Å². The Hall–Kier alpha value is -3.27. The van der Waals surface area contributed by atoms with Crippen LogP contribution in [0.5, 0.6) is 0 Å². The summed E-state index contributed by atoms with van der Waals surface area (Å²) in [7, 11) is 0. The molecular weight excluding hydrogens is 322 g/mol. The molecule has 0 bridgehead atoms. The Labute approximate surface area is 152 Å². The minimum atomic E-state index is 0.628.